The van der Waals surface area contributed by atoms with Gasteiger partial charge in [-0.2, -0.15) is 5.10 Å². The van der Waals surface area contributed by atoms with Gasteiger partial charge in [0.05, 0.1) is 22.8 Å². The lowest BCUT2D eigenvalue weighted by Gasteiger charge is -2.20. The molecule has 0 radical (unpaired) electrons. The molecule has 1 aromatic carbocycles. The molecular formula is C25H31N5O4. The van der Waals surface area contributed by atoms with Gasteiger partial charge in [0, 0.05) is 18.7 Å². The standard InChI is InChI=1S/C25H31N5O4/c1-14(2)10-20(25(32)26-5)29-24(31)17-12-19(28-23-18(17)13-27-30(23)15(3)4)16-6-7-21-22(11-16)34-9-8-33-21/h6-7,11-15,20H,8-10H2,1-5H3,(H,26,32)(H,29,31). The molecule has 180 valence electrons. The molecule has 9 heteroatoms. The van der Waals surface area contributed by atoms with E-state index >= 15 is 0 Å². The lowest BCUT2D eigenvalue weighted by molar-refractivity contribution is -0.122. The van der Waals surface area contributed by atoms with Gasteiger partial charge in [-0.05, 0) is 50.5 Å². The normalized spacial score (nSPS) is 13.9. The maximum atomic E-state index is 13.5. The van der Waals surface area contributed by atoms with Crippen molar-refractivity contribution in [1.29, 1.82) is 0 Å². The molecule has 0 spiro atoms. The molecule has 1 aliphatic rings. The number of hydrogen-bond acceptors (Lipinski definition) is 6. The summed E-state index contributed by atoms with van der Waals surface area (Å²) < 4.78 is 13.2. The van der Waals surface area contributed by atoms with Crippen molar-refractivity contribution in [2.45, 2.75) is 46.2 Å². The Balaban J connectivity index is 1.79. The maximum Gasteiger partial charge on any atom is 0.252 e. The third kappa shape index (κ3) is 4.69. The summed E-state index contributed by atoms with van der Waals surface area (Å²) in [5, 5.41) is 10.7. The summed E-state index contributed by atoms with van der Waals surface area (Å²) in [4.78, 5) is 30.7. The van der Waals surface area contributed by atoms with Crippen molar-refractivity contribution in [3.8, 4) is 22.8 Å². The summed E-state index contributed by atoms with van der Waals surface area (Å²) in [5.74, 6) is 0.993. The van der Waals surface area contributed by atoms with Crippen molar-refractivity contribution >= 4 is 22.8 Å². The molecule has 0 saturated heterocycles. The van der Waals surface area contributed by atoms with E-state index in [0.717, 1.165) is 5.56 Å². The topological polar surface area (TPSA) is 107 Å². The van der Waals surface area contributed by atoms with Crippen molar-refractivity contribution < 1.29 is 19.1 Å². The van der Waals surface area contributed by atoms with E-state index in [2.05, 4.69) is 15.7 Å². The molecule has 1 unspecified atom stereocenters. The van der Waals surface area contributed by atoms with Gasteiger partial charge in [-0.3, -0.25) is 9.59 Å². The second-order valence-corrected chi connectivity index (χ2v) is 9.10. The van der Waals surface area contributed by atoms with Crippen LogP contribution in [0.25, 0.3) is 22.3 Å². The first-order valence-electron chi connectivity index (χ1n) is 11.6. The van der Waals surface area contributed by atoms with Crippen LogP contribution in [0, 0.1) is 5.92 Å². The van der Waals surface area contributed by atoms with Gasteiger partial charge >= 0.3 is 0 Å². The highest BCUT2D eigenvalue weighted by atomic mass is 16.6. The van der Waals surface area contributed by atoms with Gasteiger partial charge < -0.3 is 20.1 Å². The zero-order valence-corrected chi connectivity index (χ0v) is 20.2. The van der Waals surface area contributed by atoms with Crippen LogP contribution in [0.4, 0.5) is 0 Å². The van der Waals surface area contributed by atoms with Crippen LogP contribution in [0.5, 0.6) is 11.5 Å². The van der Waals surface area contributed by atoms with E-state index in [1.165, 1.54) is 0 Å². The number of fused-ring (bicyclic) bond motifs is 2. The minimum atomic E-state index is -0.640. The zero-order valence-electron chi connectivity index (χ0n) is 20.2. The molecule has 3 aromatic rings. The molecule has 1 atom stereocenters. The number of nitrogens with zero attached hydrogens (tertiary/aromatic N) is 3. The van der Waals surface area contributed by atoms with Crippen LogP contribution in [-0.4, -0.2) is 52.9 Å². The van der Waals surface area contributed by atoms with Gasteiger partial charge in [0.25, 0.3) is 5.91 Å². The maximum absolute atomic E-state index is 13.5. The molecule has 34 heavy (non-hydrogen) atoms. The fourth-order valence-corrected chi connectivity index (χ4v) is 4.05. The van der Waals surface area contributed by atoms with E-state index in [9.17, 15) is 9.59 Å². The molecule has 2 aromatic heterocycles. The molecule has 0 bridgehead atoms. The first-order valence-corrected chi connectivity index (χ1v) is 11.6. The predicted octanol–water partition coefficient (Wildman–Crippen LogP) is 3.34. The number of aromatic nitrogens is 3. The Labute approximate surface area is 198 Å². The molecule has 0 aliphatic carbocycles. The third-order valence-corrected chi connectivity index (χ3v) is 5.71. The summed E-state index contributed by atoms with van der Waals surface area (Å²) in [6.45, 7) is 9.03. The fraction of sp³-hybridized carbons (Fsp3) is 0.440. The molecule has 0 fully saturated rings. The fourth-order valence-electron chi connectivity index (χ4n) is 4.05. The van der Waals surface area contributed by atoms with Crippen LogP contribution in [-0.2, 0) is 4.79 Å². The van der Waals surface area contributed by atoms with Crippen LogP contribution in [0.3, 0.4) is 0 Å². The first-order chi connectivity index (χ1) is 16.3. The third-order valence-electron chi connectivity index (χ3n) is 5.71. The Bertz CT molecular complexity index is 1220. The summed E-state index contributed by atoms with van der Waals surface area (Å²) in [6, 6.07) is 6.76. The van der Waals surface area contributed by atoms with Crippen molar-refractivity contribution in [2.24, 2.45) is 5.92 Å². The van der Waals surface area contributed by atoms with E-state index in [-0.39, 0.29) is 23.8 Å². The molecule has 2 N–H and O–H groups in total. The number of rotatable bonds is 7. The summed E-state index contributed by atoms with van der Waals surface area (Å²) >= 11 is 0. The highest BCUT2D eigenvalue weighted by molar-refractivity contribution is 6.07. The Morgan fingerprint density at radius 2 is 1.82 bits per heavy atom. The Morgan fingerprint density at radius 1 is 1.09 bits per heavy atom. The van der Waals surface area contributed by atoms with Gasteiger partial charge in [0.1, 0.15) is 19.3 Å². The highest BCUT2D eigenvalue weighted by Gasteiger charge is 2.25. The van der Waals surface area contributed by atoms with Crippen molar-refractivity contribution in [3.63, 3.8) is 0 Å². The lowest BCUT2D eigenvalue weighted by Crippen LogP contribution is -2.46. The number of likely N-dealkylation sites (N-methyl/N-ethyl adjacent to an activating group) is 1. The van der Waals surface area contributed by atoms with E-state index < -0.39 is 6.04 Å². The van der Waals surface area contributed by atoms with Crippen LogP contribution in [0.15, 0.2) is 30.5 Å². The van der Waals surface area contributed by atoms with Crippen LogP contribution >= 0.6 is 0 Å². The average Bonchev–Trinajstić information content (AvgIpc) is 3.26. The van der Waals surface area contributed by atoms with E-state index in [1.807, 2.05) is 45.9 Å². The smallest absolute Gasteiger partial charge is 0.252 e. The Hall–Kier alpha value is -3.62. The van der Waals surface area contributed by atoms with Gasteiger partial charge in [-0.15, -0.1) is 0 Å². The molecule has 4 rings (SSSR count). The molecule has 0 saturated carbocycles. The van der Waals surface area contributed by atoms with Gasteiger partial charge in [-0.1, -0.05) is 13.8 Å². The SMILES string of the molecule is CNC(=O)C(CC(C)C)NC(=O)c1cc(-c2ccc3c(c2)OCCO3)nc2c1cnn2C(C)C. The number of ether oxygens (including phenoxy) is 2. The summed E-state index contributed by atoms with van der Waals surface area (Å²) in [6.07, 6.45) is 2.18. The van der Waals surface area contributed by atoms with Crippen LogP contribution in [0.1, 0.15) is 50.5 Å². The quantitative estimate of drug-likeness (QED) is 0.554. The van der Waals surface area contributed by atoms with Crippen molar-refractivity contribution in [2.75, 3.05) is 20.3 Å². The summed E-state index contributed by atoms with van der Waals surface area (Å²) in [7, 11) is 1.57. The minimum absolute atomic E-state index is 0.0518. The monoisotopic (exact) mass is 465 g/mol. The predicted molar refractivity (Wildman–Crippen MR) is 129 cm³/mol. The molecular weight excluding hydrogens is 434 g/mol. The number of carbonyl (C=O) groups excluding carboxylic acids is 2. The van der Waals surface area contributed by atoms with E-state index in [1.54, 1.807) is 24.0 Å². The van der Waals surface area contributed by atoms with Gasteiger partial charge in [-0.25, -0.2) is 9.67 Å². The van der Waals surface area contributed by atoms with Gasteiger partial charge in [0.15, 0.2) is 17.1 Å². The number of pyridine rings is 1. The van der Waals surface area contributed by atoms with Crippen LogP contribution in [0.2, 0.25) is 0 Å². The summed E-state index contributed by atoms with van der Waals surface area (Å²) in [5.41, 5.74) is 2.42. The number of hydrogen-bond donors (Lipinski definition) is 2. The molecule has 3 heterocycles. The number of carbonyl (C=O) groups is 2. The second-order valence-electron chi connectivity index (χ2n) is 9.10. The minimum Gasteiger partial charge on any atom is -0.486 e. The number of nitrogens with one attached hydrogen (secondary N) is 2. The first kappa shape index (κ1) is 23.5. The van der Waals surface area contributed by atoms with Crippen molar-refractivity contribution in [1.82, 2.24) is 25.4 Å². The zero-order chi connectivity index (χ0) is 24.4. The number of amides is 2. The van der Waals surface area contributed by atoms with E-state index in [0.29, 0.717) is 53.4 Å². The number of benzene rings is 1. The molecule has 2 amide bonds. The second kappa shape index (κ2) is 9.70. The van der Waals surface area contributed by atoms with Crippen LogP contribution < -0.4 is 20.1 Å². The Morgan fingerprint density at radius 3 is 2.50 bits per heavy atom. The average molecular weight is 466 g/mol. The highest BCUT2D eigenvalue weighted by Crippen LogP contribution is 2.35. The Kier molecular flexibility index (Phi) is 6.72. The van der Waals surface area contributed by atoms with E-state index in [4.69, 9.17) is 14.5 Å². The van der Waals surface area contributed by atoms with Gasteiger partial charge in [0.2, 0.25) is 5.91 Å². The molecule has 9 nitrogen and oxygen atoms in total. The van der Waals surface area contributed by atoms with Crippen molar-refractivity contribution in [3.05, 3.63) is 36.0 Å². The largest absolute Gasteiger partial charge is 0.486 e. The molecule has 1 aliphatic heterocycles. The lowest BCUT2D eigenvalue weighted by atomic mass is 10.0.